The van der Waals surface area contributed by atoms with Crippen LogP contribution in [0.1, 0.15) is 5.56 Å². The van der Waals surface area contributed by atoms with Crippen molar-refractivity contribution < 1.29 is 4.74 Å². The van der Waals surface area contributed by atoms with Crippen molar-refractivity contribution in [3.05, 3.63) is 53.3 Å². The molecule has 0 aliphatic heterocycles. The molecule has 0 saturated carbocycles. The van der Waals surface area contributed by atoms with Gasteiger partial charge in [0.05, 0.1) is 6.20 Å². The lowest BCUT2D eigenvalue weighted by Crippen LogP contribution is -1.96. The van der Waals surface area contributed by atoms with Crippen molar-refractivity contribution in [1.82, 2.24) is 10.2 Å². The molecule has 4 heteroatoms. The van der Waals surface area contributed by atoms with Gasteiger partial charge in [0.2, 0.25) is 0 Å². The van der Waals surface area contributed by atoms with Crippen molar-refractivity contribution in [3.8, 4) is 5.75 Å². The van der Waals surface area contributed by atoms with Gasteiger partial charge in [0.1, 0.15) is 6.61 Å². The van der Waals surface area contributed by atoms with Gasteiger partial charge in [-0.05, 0) is 5.56 Å². The summed E-state index contributed by atoms with van der Waals surface area (Å²) in [5.41, 5.74) is 1.09. The molecular weight excluding hydrogens is 212 g/mol. The number of halogens is 1. The zero-order valence-corrected chi connectivity index (χ0v) is 8.69. The third-order valence-electron chi connectivity index (χ3n) is 1.88. The summed E-state index contributed by atoms with van der Waals surface area (Å²) in [5.74, 6) is 0.551. The largest absolute Gasteiger partial charge is 0.486 e. The van der Waals surface area contributed by atoms with E-state index in [2.05, 4.69) is 10.2 Å². The van der Waals surface area contributed by atoms with E-state index >= 15 is 0 Å². The van der Waals surface area contributed by atoms with Crippen LogP contribution in [0.3, 0.4) is 0 Å². The van der Waals surface area contributed by atoms with E-state index in [4.69, 9.17) is 16.3 Å². The molecule has 1 aromatic heterocycles. The molecule has 0 aliphatic carbocycles. The summed E-state index contributed by atoms with van der Waals surface area (Å²) in [6.45, 7) is 0.478. The van der Waals surface area contributed by atoms with Crippen LogP contribution in [-0.4, -0.2) is 10.2 Å². The van der Waals surface area contributed by atoms with Gasteiger partial charge in [-0.15, -0.1) is 5.10 Å². The SMILES string of the molecule is Clc1nnccc1OCc1ccccc1. The second-order valence-corrected chi connectivity index (χ2v) is 3.32. The van der Waals surface area contributed by atoms with Crippen LogP contribution in [-0.2, 0) is 6.61 Å². The van der Waals surface area contributed by atoms with Gasteiger partial charge in [0.25, 0.3) is 0 Å². The quantitative estimate of drug-likeness (QED) is 0.798. The lowest BCUT2D eigenvalue weighted by molar-refractivity contribution is 0.304. The zero-order valence-electron chi connectivity index (χ0n) is 7.93. The van der Waals surface area contributed by atoms with Gasteiger partial charge in [-0.3, -0.25) is 0 Å². The highest BCUT2D eigenvalue weighted by Gasteiger charge is 2.01. The Hall–Kier alpha value is -1.61. The second kappa shape index (κ2) is 4.75. The van der Waals surface area contributed by atoms with Crippen LogP contribution in [0.15, 0.2) is 42.6 Å². The number of hydrogen-bond donors (Lipinski definition) is 0. The number of aromatic nitrogens is 2. The average molecular weight is 221 g/mol. The van der Waals surface area contributed by atoms with E-state index in [0.29, 0.717) is 12.4 Å². The highest BCUT2D eigenvalue weighted by Crippen LogP contribution is 2.20. The van der Waals surface area contributed by atoms with Crippen molar-refractivity contribution in [2.75, 3.05) is 0 Å². The topological polar surface area (TPSA) is 35.0 Å². The molecule has 3 nitrogen and oxygen atoms in total. The molecule has 0 fully saturated rings. The Kier molecular flexibility index (Phi) is 3.15. The molecule has 1 heterocycles. The van der Waals surface area contributed by atoms with Crippen LogP contribution < -0.4 is 4.74 Å². The Balaban J connectivity index is 2.03. The summed E-state index contributed by atoms with van der Waals surface area (Å²) in [6, 6.07) is 11.6. The van der Waals surface area contributed by atoms with Gasteiger partial charge in [-0.2, -0.15) is 5.10 Å². The minimum absolute atomic E-state index is 0.286. The number of ether oxygens (including phenoxy) is 1. The first-order chi connectivity index (χ1) is 7.36. The molecule has 0 amide bonds. The fraction of sp³-hybridized carbons (Fsp3) is 0.0909. The molecule has 1 aromatic carbocycles. The lowest BCUT2D eigenvalue weighted by Gasteiger charge is -2.05. The highest BCUT2D eigenvalue weighted by atomic mass is 35.5. The Morgan fingerprint density at radius 1 is 1.13 bits per heavy atom. The summed E-state index contributed by atoms with van der Waals surface area (Å²) >= 11 is 5.79. The predicted molar refractivity (Wildman–Crippen MR) is 57.8 cm³/mol. The molecular formula is C11H9ClN2O. The Labute approximate surface area is 92.7 Å². The van der Waals surface area contributed by atoms with Crippen molar-refractivity contribution in [3.63, 3.8) is 0 Å². The van der Waals surface area contributed by atoms with Gasteiger partial charge < -0.3 is 4.74 Å². The van der Waals surface area contributed by atoms with E-state index in [1.807, 2.05) is 30.3 Å². The van der Waals surface area contributed by atoms with E-state index in [9.17, 15) is 0 Å². The smallest absolute Gasteiger partial charge is 0.193 e. The second-order valence-electron chi connectivity index (χ2n) is 2.96. The van der Waals surface area contributed by atoms with Gasteiger partial charge in [0.15, 0.2) is 10.9 Å². The monoisotopic (exact) mass is 220 g/mol. The molecule has 0 N–H and O–H groups in total. The Bertz CT molecular complexity index is 434. The summed E-state index contributed by atoms with van der Waals surface area (Å²) in [5, 5.41) is 7.61. The first kappa shape index (κ1) is 9.93. The summed E-state index contributed by atoms with van der Waals surface area (Å²) in [6.07, 6.45) is 1.55. The Morgan fingerprint density at radius 2 is 1.93 bits per heavy atom. The average Bonchev–Trinajstić information content (AvgIpc) is 2.29. The zero-order chi connectivity index (χ0) is 10.5. The van der Waals surface area contributed by atoms with Crippen molar-refractivity contribution in [2.45, 2.75) is 6.61 Å². The number of benzene rings is 1. The number of rotatable bonds is 3. The molecule has 0 saturated heterocycles. The first-order valence-corrected chi connectivity index (χ1v) is 4.88. The predicted octanol–water partition coefficient (Wildman–Crippen LogP) is 2.71. The van der Waals surface area contributed by atoms with Crippen molar-refractivity contribution in [2.24, 2.45) is 0 Å². The van der Waals surface area contributed by atoms with Crippen LogP contribution in [0, 0.1) is 0 Å². The van der Waals surface area contributed by atoms with E-state index in [1.165, 1.54) is 0 Å². The van der Waals surface area contributed by atoms with E-state index in [-0.39, 0.29) is 5.15 Å². The molecule has 0 bridgehead atoms. The summed E-state index contributed by atoms with van der Waals surface area (Å²) in [7, 11) is 0. The highest BCUT2D eigenvalue weighted by molar-refractivity contribution is 6.30. The molecule has 2 rings (SSSR count). The lowest BCUT2D eigenvalue weighted by atomic mass is 10.2. The minimum atomic E-state index is 0.286. The van der Waals surface area contributed by atoms with E-state index in [0.717, 1.165) is 5.56 Å². The van der Waals surface area contributed by atoms with Crippen LogP contribution >= 0.6 is 11.6 Å². The van der Waals surface area contributed by atoms with Gasteiger partial charge in [-0.25, -0.2) is 0 Å². The fourth-order valence-electron chi connectivity index (χ4n) is 1.15. The maximum atomic E-state index is 5.79. The van der Waals surface area contributed by atoms with Crippen LogP contribution in [0.4, 0.5) is 0 Å². The van der Waals surface area contributed by atoms with Crippen LogP contribution in [0.25, 0.3) is 0 Å². The van der Waals surface area contributed by atoms with E-state index < -0.39 is 0 Å². The minimum Gasteiger partial charge on any atom is -0.486 e. The molecule has 0 radical (unpaired) electrons. The number of nitrogens with zero attached hydrogens (tertiary/aromatic N) is 2. The molecule has 15 heavy (non-hydrogen) atoms. The molecule has 76 valence electrons. The molecule has 0 aliphatic rings. The summed E-state index contributed by atoms with van der Waals surface area (Å²) in [4.78, 5) is 0. The van der Waals surface area contributed by atoms with Crippen molar-refractivity contribution in [1.29, 1.82) is 0 Å². The molecule has 2 aromatic rings. The van der Waals surface area contributed by atoms with Crippen LogP contribution in [0.2, 0.25) is 5.15 Å². The maximum absolute atomic E-state index is 5.79. The summed E-state index contributed by atoms with van der Waals surface area (Å²) < 4.78 is 5.49. The third kappa shape index (κ3) is 2.67. The normalized spacial score (nSPS) is 9.93. The number of hydrogen-bond acceptors (Lipinski definition) is 3. The maximum Gasteiger partial charge on any atom is 0.193 e. The molecule has 0 atom stereocenters. The molecule has 0 spiro atoms. The van der Waals surface area contributed by atoms with Crippen molar-refractivity contribution >= 4 is 11.6 Å². The van der Waals surface area contributed by atoms with Gasteiger partial charge >= 0.3 is 0 Å². The Morgan fingerprint density at radius 3 is 2.67 bits per heavy atom. The van der Waals surface area contributed by atoms with Gasteiger partial charge in [0, 0.05) is 6.07 Å². The third-order valence-corrected chi connectivity index (χ3v) is 2.14. The van der Waals surface area contributed by atoms with Crippen LogP contribution in [0.5, 0.6) is 5.75 Å². The van der Waals surface area contributed by atoms with E-state index in [1.54, 1.807) is 12.3 Å². The van der Waals surface area contributed by atoms with Gasteiger partial charge in [-0.1, -0.05) is 41.9 Å². The standard InChI is InChI=1S/C11H9ClN2O/c12-11-10(6-7-13-14-11)15-8-9-4-2-1-3-5-9/h1-7H,8H2. The molecule has 0 unspecified atom stereocenters. The first-order valence-electron chi connectivity index (χ1n) is 4.50. The fourth-order valence-corrected chi connectivity index (χ4v) is 1.31.